The van der Waals surface area contributed by atoms with Gasteiger partial charge in [0.25, 0.3) is 5.91 Å². The number of carbonyl (C=O) groups excluding carboxylic acids is 2. The molecule has 0 aliphatic rings. The summed E-state index contributed by atoms with van der Waals surface area (Å²) in [6.45, 7) is 8.38. The molecule has 0 fully saturated rings. The molecule has 0 spiro atoms. The lowest BCUT2D eigenvalue weighted by Gasteiger charge is -2.11. The van der Waals surface area contributed by atoms with Crippen molar-refractivity contribution < 1.29 is 22.8 Å². The molecule has 7 heteroatoms. The first-order valence-electron chi connectivity index (χ1n) is 5.75. The Morgan fingerprint density at radius 3 is 2.05 bits per heavy atom. The monoisotopic (exact) mass is 298 g/mol. The van der Waals surface area contributed by atoms with E-state index >= 15 is 0 Å². The van der Waals surface area contributed by atoms with E-state index in [2.05, 4.69) is 18.5 Å². The highest BCUT2D eigenvalue weighted by atomic mass is 19.4. The molecular weight excluding hydrogens is 285 g/mol. The van der Waals surface area contributed by atoms with Gasteiger partial charge < -0.3 is 10.6 Å². The van der Waals surface area contributed by atoms with Crippen LogP contribution in [0.25, 0.3) is 5.70 Å². The number of nitrogens with one attached hydrogen (secondary N) is 2. The van der Waals surface area contributed by atoms with Crippen molar-refractivity contribution in [3.8, 4) is 0 Å². The van der Waals surface area contributed by atoms with Gasteiger partial charge in [-0.25, -0.2) is 0 Å². The van der Waals surface area contributed by atoms with Gasteiger partial charge >= 0.3 is 12.1 Å². The molecule has 0 radical (unpaired) electrons. The number of halogens is 3. The first-order chi connectivity index (χ1) is 9.61. The average Bonchev–Trinajstić information content (AvgIpc) is 2.38. The van der Waals surface area contributed by atoms with Gasteiger partial charge in [0, 0.05) is 17.0 Å². The van der Waals surface area contributed by atoms with Crippen molar-refractivity contribution in [3.63, 3.8) is 0 Å². The molecule has 4 nitrogen and oxygen atoms in total. The molecule has 1 rings (SSSR count). The van der Waals surface area contributed by atoms with E-state index in [1.54, 1.807) is 5.32 Å². The van der Waals surface area contributed by atoms with Gasteiger partial charge in [-0.3, -0.25) is 9.59 Å². The van der Waals surface area contributed by atoms with E-state index < -0.39 is 12.1 Å². The molecule has 0 aliphatic carbocycles. The maximum absolute atomic E-state index is 12.1. The standard InChI is InChI=1S/C14H13F3N2O2/c1-8(2)12(20)19-11-6-4-10(5-7-11)9(3)18-13(21)14(15,16)17/h4-7H,1,3H2,2H3,(H,18,21)(H,19,20). The van der Waals surface area contributed by atoms with Crippen molar-refractivity contribution in [2.24, 2.45) is 0 Å². The fourth-order valence-corrected chi connectivity index (χ4v) is 1.27. The minimum absolute atomic E-state index is 0.185. The van der Waals surface area contributed by atoms with E-state index in [0.29, 0.717) is 16.8 Å². The Bertz CT molecular complexity index is 589. The third-order valence-electron chi connectivity index (χ3n) is 2.40. The summed E-state index contributed by atoms with van der Waals surface area (Å²) in [6, 6.07) is 5.79. The third-order valence-corrected chi connectivity index (χ3v) is 2.40. The minimum Gasteiger partial charge on any atom is -0.322 e. The van der Waals surface area contributed by atoms with Crippen LogP contribution >= 0.6 is 0 Å². The molecule has 112 valence electrons. The van der Waals surface area contributed by atoms with E-state index in [1.165, 1.54) is 31.2 Å². The Morgan fingerprint density at radius 1 is 1.10 bits per heavy atom. The number of hydrogen-bond donors (Lipinski definition) is 2. The Kier molecular flexibility index (Phi) is 4.91. The van der Waals surface area contributed by atoms with Gasteiger partial charge in [0.05, 0.1) is 0 Å². The first-order valence-corrected chi connectivity index (χ1v) is 5.75. The molecule has 0 bridgehead atoms. The van der Waals surface area contributed by atoms with Crippen molar-refractivity contribution in [2.45, 2.75) is 13.1 Å². The second kappa shape index (κ2) is 6.25. The van der Waals surface area contributed by atoms with E-state index in [1.807, 2.05) is 0 Å². The number of alkyl halides is 3. The summed E-state index contributed by atoms with van der Waals surface area (Å²) in [5.41, 5.74) is 0.874. The predicted molar refractivity (Wildman–Crippen MR) is 73.1 cm³/mol. The number of carbonyl (C=O) groups is 2. The van der Waals surface area contributed by atoms with Crippen LogP contribution in [0.4, 0.5) is 18.9 Å². The summed E-state index contributed by atoms with van der Waals surface area (Å²) in [4.78, 5) is 22.1. The molecule has 0 atom stereocenters. The predicted octanol–water partition coefficient (Wildman–Crippen LogP) is 2.85. The van der Waals surface area contributed by atoms with Gasteiger partial charge in [0.2, 0.25) is 0 Å². The molecule has 0 saturated heterocycles. The summed E-state index contributed by atoms with van der Waals surface area (Å²) < 4.78 is 36.3. The van der Waals surface area contributed by atoms with Crippen LogP contribution < -0.4 is 10.6 Å². The lowest BCUT2D eigenvalue weighted by atomic mass is 10.1. The molecule has 2 amide bonds. The zero-order valence-electron chi connectivity index (χ0n) is 11.2. The zero-order valence-corrected chi connectivity index (χ0v) is 11.2. The van der Waals surface area contributed by atoms with E-state index in [0.717, 1.165) is 0 Å². The van der Waals surface area contributed by atoms with Crippen LogP contribution in [0.2, 0.25) is 0 Å². The number of rotatable bonds is 4. The van der Waals surface area contributed by atoms with Crippen LogP contribution in [-0.4, -0.2) is 18.0 Å². The highest BCUT2D eigenvalue weighted by molar-refractivity contribution is 6.02. The van der Waals surface area contributed by atoms with Gasteiger partial charge in [0.1, 0.15) is 0 Å². The quantitative estimate of drug-likeness (QED) is 0.840. The van der Waals surface area contributed by atoms with Crippen molar-refractivity contribution in [2.75, 3.05) is 5.32 Å². The Labute approximate surface area is 119 Å². The summed E-state index contributed by atoms with van der Waals surface area (Å²) in [5, 5.41) is 4.19. The number of hydrogen-bond acceptors (Lipinski definition) is 2. The van der Waals surface area contributed by atoms with Gasteiger partial charge in [-0.1, -0.05) is 25.3 Å². The lowest BCUT2D eigenvalue weighted by Crippen LogP contribution is -2.35. The summed E-state index contributed by atoms with van der Waals surface area (Å²) in [5.74, 6) is -2.46. The lowest BCUT2D eigenvalue weighted by molar-refractivity contribution is -0.172. The number of anilines is 1. The average molecular weight is 298 g/mol. The van der Waals surface area contributed by atoms with Gasteiger partial charge in [0.15, 0.2) is 0 Å². The highest BCUT2D eigenvalue weighted by Gasteiger charge is 2.38. The Balaban J connectivity index is 2.74. The van der Waals surface area contributed by atoms with Crippen LogP contribution in [0.1, 0.15) is 12.5 Å². The first kappa shape index (κ1) is 16.5. The van der Waals surface area contributed by atoms with Crippen LogP contribution in [0.3, 0.4) is 0 Å². The number of benzene rings is 1. The molecule has 21 heavy (non-hydrogen) atoms. The fourth-order valence-electron chi connectivity index (χ4n) is 1.27. The Hall–Kier alpha value is -2.57. The van der Waals surface area contributed by atoms with Gasteiger partial charge in [-0.2, -0.15) is 13.2 Å². The molecule has 0 saturated carbocycles. The van der Waals surface area contributed by atoms with Crippen LogP contribution in [0, 0.1) is 0 Å². The summed E-state index contributed by atoms with van der Waals surface area (Å²) in [7, 11) is 0. The summed E-state index contributed by atoms with van der Waals surface area (Å²) in [6.07, 6.45) is -4.97. The SMILES string of the molecule is C=C(C)C(=O)Nc1ccc(C(=C)NC(=O)C(F)(F)F)cc1. The molecule has 1 aromatic rings. The molecule has 0 aromatic heterocycles. The molecule has 0 heterocycles. The summed E-state index contributed by atoms with van der Waals surface area (Å²) >= 11 is 0. The van der Waals surface area contributed by atoms with E-state index in [9.17, 15) is 22.8 Å². The maximum atomic E-state index is 12.1. The second-order valence-corrected chi connectivity index (χ2v) is 4.24. The van der Waals surface area contributed by atoms with Crippen LogP contribution in [0.15, 0.2) is 43.0 Å². The normalized spacial score (nSPS) is 10.7. The highest BCUT2D eigenvalue weighted by Crippen LogP contribution is 2.19. The second-order valence-electron chi connectivity index (χ2n) is 4.24. The Morgan fingerprint density at radius 2 is 1.62 bits per heavy atom. The molecule has 2 N–H and O–H groups in total. The fraction of sp³-hybridized carbons (Fsp3) is 0.143. The van der Waals surface area contributed by atoms with Crippen molar-refractivity contribution in [3.05, 3.63) is 48.6 Å². The number of amides is 2. The third kappa shape index (κ3) is 4.79. The van der Waals surface area contributed by atoms with Crippen molar-refractivity contribution in [1.82, 2.24) is 5.32 Å². The smallest absolute Gasteiger partial charge is 0.322 e. The molecule has 1 aromatic carbocycles. The van der Waals surface area contributed by atoms with Crippen LogP contribution in [-0.2, 0) is 9.59 Å². The van der Waals surface area contributed by atoms with Crippen molar-refractivity contribution >= 4 is 23.2 Å². The van der Waals surface area contributed by atoms with E-state index in [-0.39, 0.29) is 11.6 Å². The molecule has 0 unspecified atom stereocenters. The topological polar surface area (TPSA) is 58.2 Å². The molecule has 0 aliphatic heterocycles. The largest absolute Gasteiger partial charge is 0.471 e. The van der Waals surface area contributed by atoms with Gasteiger partial charge in [-0.05, 0) is 24.6 Å². The zero-order chi connectivity index (χ0) is 16.2. The minimum atomic E-state index is -4.97. The van der Waals surface area contributed by atoms with Gasteiger partial charge in [-0.15, -0.1) is 0 Å². The maximum Gasteiger partial charge on any atom is 0.471 e. The van der Waals surface area contributed by atoms with Crippen LogP contribution in [0.5, 0.6) is 0 Å². The van der Waals surface area contributed by atoms with E-state index in [4.69, 9.17) is 0 Å². The van der Waals surface area contributed by atoms with Crippen molar-refractivity contribution in [1.29, 1.82) is 0 Å². The molecular formula is C14H13F3N2O2.